The molecule has 0 aliphatic heterocycles. The summed E-state index contributed by atoms with van der Waals surface area (Å²) in [5.74, 6) is 0.286. The van der Waals surface area contributed by atoms with Crippen LogP contribution in [0.1, 0.15) is 16.1 Å². The van der Waals surface area contributed by atoms with Crippen LogP contribution in [0.15, 0.2) is 53.6 Å². The van der Waals surface area contributed by atoms with Gasteiger partial charge >= 0.3 is 0 Å². The van der Waals surface area contributed by atoms with Crippen molar-refractivity contribution in [3.05, 3.63) is 69.8 Å². The van der Waals surface area contributed by atoms with Crippen molar-refractivity contribution in [2.75, 3.05) is 7.11 Å². The first kappa shape index (κ1) is 18.0. The standard InChI is InChI=1S/C18H14Cl2N4O2/c1-26-14-4-2-3-11(7-14)16-9-17(23-22-16)18(25)24-21-10-12-5-6-13(19)8-15(12)20/h2-10H,1H3,(H,22,23)(H,24,25)/b21-10-. The Morgan fingerprint density at radius 1 is 1.23 bits per heavy atom. The molecule has 0 atom stereocenters. The van der Waals surface area contributed by atoms with Crippen molar-refractivity contribution in [2.24, 2.45) is 5.10 Å². The lowest BCUT2D eigenvalue weighted by Crippen LogP contribution is -2.18. The van der Waals surface area contributed by atoms with Gasteiger partial charge in [0.15, 0.2) is 0 Å². The summed E-state index contributed by atoms with van der Waals surface area (Å²) in [7, 11) is 1.59. The van der Waals surface area contributed by atoms with Gasteiger partial charge in [-0.05, 0) is 30.3 Å². The monoisotopic (exact) mass is 388 g/mol. The predicted octanol–water partition coefficient (Wildman–Crippen LogP) is 4.16. The van der Waals surface area contributed by atoms with Crippen molar-refractivity contribution in [1.29, 1.82) is 0 Å². The summed E-state index contributed by atoms with van der Waals surface area (Å²) in [6.45, 7) is 0. The maximum absolute atomic E-state index is 12.2. The zero-order valence-corrected chi connectivity index (χ0v) is 15.2. The third-order valence-corrected chi connectivity index (χ3v) is 4.08. The Bertz CT molecular complexity index is 969. The van der Waals surface area contributed by atoms with Gasteiger partial charge in [0.05, 0.1) is 24.0 Å². The molecule has 0 saturated carbocycles. The van der Waals surface area contributed by atoms with Crippen molar-refractivity contribution >= 4 is 35.3 Å². The highest BCUT2D eigenvalue weighted by atomic mass is 35.5. The highest BCUT2D eigenvalue weighted by Crippen LogP contribution is 2.22. The lowest BCUT2D eigenvalue weighted by molar-refractivity contribution is 0.0950. The van der Waals surface area contributed by atoms with E-state index in [1.165, 1.54) is 6.21 Å². The first-order valence-electron chi connectivity index (χ1n) is 7.55. The number of amides is 1. The molecule has 0 aliphatic carbocycles. The fourth-order valence-electron chi connectivity index (χ4n) is 2.20. The largest absolute Gasteiger partial charge is 0.497 e. The zero-order chi connectivity index (χ0) is 18.5. The van der Waals surface area contributed by atoms with E-state index in [1.54, 1.807) is 31.4 Å². The minimum atomic E-state index is -0.423. The van der Waals surface area contributed by atoms with Crippen LogP contribution in [-0.4, -0.2) is 29.4 Å². The number of aromatic nitrogens is 2. The van der Waals surface area contributed by atoms with Crippen LogP contribution >= 0.6 is 23.2 Å². The van der Waals surface area contributed by atoms with Gasteiger partial charge in [0, 0.05) is 16.1 Å². The second-order valence-corrected chi connectivity index (χ2v) is 6.11. The van der Waals surface area contributed by atoms with Gasteiger partial charge in [-0.15, -0.1) is 0 Å². The van der Waals surface area contributed by atoms with E-state index >= 15 is 0 Å². The number of hydrogen-bond acceptors (Lipinski definition) is 4. The van der Waals surface area contributed by atoms with Crippen LogP contribution in [0.2, 0.25) is 10.0 Å². The molecule has 0 spiro atoms. The Morgan fingerprint density at radius 3 is 2.85 bits per heavy atom. The molecule has 132 valence electrons. The molecule has 0 saturated heterocycles. The Balaban J connectivity index is 1.69. The highest BCUT2D eigenvalue weighted by molar-refractivity contribution is 6.36. The van der Waals surface area contributed by atoms with Gasteiger partial charge < -0.3 is 4.74 Å². The number of halogens is 2. The van der Waals surface area contributed by atoms with Crippen LogP contribution in [-0.2, 0) is 0 Å². The van der Waals surface area contributed by atoms with Crippen LogP contribution in [0.25, 0.3) is 11.3 Å². The third-order valence-electron chi connectivity index (χ3n) is 3.52. The van der Waals surface area contributed by atoms with E-state index in [4.69, 9.17) is 27.9 Å². The number of nitrogens with zero attached hydrogens (tertiary/aromatic N) is 2. The topological polar surface area (TPSA) is 79.4 Å². The predicted molar refractivity (Wildman–Crippen MR) is 102 cm³/mol. The van der Waals surface area contributed by atoms with Gasteiger partial charge in [-0.25, -0.2) is 5.43 Å². The quantitative estimate of drug-likeness (QED) is 0.508. The number of nitrogens with one attached hydrogen (secondary N) is 2. The summed E-state index contributed by atoms with van der Waals surface area (Å²) < 4.78 is 5.19. The van der Waals surface area contributed by atoms with Crippen LogP contribution < -0.4 is 10.2 Å². The number of hydrogen-bond donors (Lipinski definition) is 2. The summed E-state index contributed by atoms with van der Waals surface area (Å²) in [6.07, 6.45) is 1.44. The van der Waals surface area contributed by atoms with Gasteiger partial charge in [0.2, 0.25) is 0 Å². The van der Waals surface area contributed by atoms with Gasteiger partial charge in [0.1, 0.15) is 11.4 Å². The molecule has 3 rings (SSSR count). The zero-order valence-electron chi connectivity index (χ0n) is 13.7. The summed E-state index contributed by atoms with van der Waals surface area (Å²) in [5.41, 5.74) is 4.79. The molecule has 0 aliphatic rings. The van der Waals surface area contributed by atoms with Crippen LogP contribution in [0, 0.1) is 0 Å². The molecule has 1 amide bonds. The summed E-state index contributed by atoms with van der Waals surface area (Å²) in [6, 6.07) is 14.0. The Morgan fingerprint density at radius 2 is 2.08 bits per heavy atom. The number of hydrazone groups is 1. The molecule has 1 heterocycles. The van der Waals surface area contributed by atoms with Gasteiger partial charge in [-0.3, -0.25) is 9.89 Å². The Hall–Kier alpha value is -2.83. The maximum Gasteiger partial charge on any atom is 0.289 e. The summed E-state index contributed by atoms with van der Waals surface area (Å²) in [5, 5.41) is 11.7. The molecular formula is C18H14Cl2N4O2. The summed E-state index contributed by atoms with van der Waals surface area (Å²) in [4.78, 5) is 12.2. The average molecular weight is 389 g/mol. The smallest absolute Gasteiger partial charge is 0.289 e. The van der Waals surface area contributed by atoms with Crippen molar-refractivity contribution < 1.29 is 9.53 Å². The molecule has 6 nitrogen and oxygen atoms in total. The molecule has 0 radical (unpaired) electrons. The minimum absolute atomic E-state index is 0.280. The number of H-pyrrole nitrogens is 1. The first-order valence-corrected chi connectivity index (χ1v) is 8.30. The van der Waals surface area contributed by atoms with E-state index < -0.39 is 5.91 Å². The third kappa shape index (κ3) is 4.22. The van der Waals surface area contributed by atoms with Crippen molar-refractivity contribution in [1.82, 2.24) is 15.6 Å². The number of ether oxygens (including phenoxy) is 1. The van der Waals surface area contributed by atoms with Crippen LogP contribution in [0.4, 0.5) is 0 Å². The SMILES string of the molecule is COc1cccc(-c2cc(C(=O)N/N=C\c3ccc(Cl)cc3Cl)[nH]n2)c1. The minimum Gasteiger partial charge on any atom is -0.497 e. The lowest BCUT2D eigenvalue weighted by atomic mass is 10.1. The van der Waals surface area contributed by atoms with Crippen LogP contribution in [0.5, 0.6) is 5.75 Å². The summed E-state index contributed by atoms with van der Waals surface area (Å²) >= 11 is 11.9. The number of aromatic amines is 1. The molecular weight excluding hydrogens is 375 g/mol. The number of carbonyl (C=O) groups is 1. The fourth-order valence-corrected chi connectivity index (χ4v) is 2.65. The van der Waals surface area contributed by atoms with Crippen molar-refractivity contribution in [3.8, 4) is 17.0 Å². The lowest BCUT2D eigenvalue weighted by Gasteiger charge is -2.01. The maximum atomic E-state index is 12.2. The molecule has 2 N–H and O–H groups in total. The van der Waals surface area contributed by atoms with E-state index in [0.29, 0.717) is 27.1 Å². The van der Waals surface area contributed by atoms with Crippen molar-refractivity contribution in [2.45, 2.75) is 0 Å². The molecule has 3 aromatic rings. The molecule has 26 heavy (non-hydrogen) atoms. The van der Waals surface area contributed by atoms with Gasteiger partial charge in [-0.1, -0.05) is 41.4 Å². The molecule has 0 bridgehead atoms. The average Bonchev–Trinajstić information content (AvgIpc) is 3.14. The molecule has 2 aromatic carbocycles. The number of rotatable bonds is 5. The molecule has 1 aromatic heterocycles. The molecule has 8 heteroatoms. The van der Waals surface area contributed by atoms with Gasteiger partial charge in [-0.2, -0.15) is 10.2 Å². The second kappa shape index (κ2) is 8.03. The number of carbonyl (C=O) groups excluding carboxylic acids is 1. The normalized spacial score (nSPS) is 10.9. The first-order chi connectivity index (χ1) is 12.6. The van der Waals surface area contributed by atoms with Crippen LogP contribution in [0.3, 0.4) is 0 Å². The van der Waals surface area contributed by atoms with E-state index in [1.807, 2.05) is 24.3 Å². The van der Waals surface area contributed by atoms with E-state index in [2.05, 4.69) is 20.7 Å². The van der Waals surface area contributed by atoms with E-state index in [-0.39, 0.29) is 5.69 Å². The second-order valence-electron chi connectivity index (χ2n) is 5.26. The number of methoxy groups -OCH3 is 1. The highest BCUT2D eigenvalue weighted by Gasteiger charge is 2.11. The van der Waals surface area contributed by atoms with Gasteiger partial charge in [0.25, 0.3) is 5.91 Å². The van der Waals surface area contributed by atoms with E-state index in [0.717, 1.165) is 5.56 Å². The Labute approximate surface area is 159 Å². The Kier molecular flexibility index (Phi) is 5.55. The molecule has 0 fully saturated rings. The van der Waals surface area contributed by atoms with E-state index in [9.17, 15) is 4.79 Å². The number of benzene rings is 2. The fraction of sp³-hybridized carbons (Fsp3) is 0.0556. The van der Waals surface area contributed by atoms with Crippen molar-refractivity contribution in [3.63, 3.8) is 0 Å². The molecule has 0 unspecified atom stereocenters.